The molecule has 0 N–H and O–H groups in total. The summed E-state index contributed by atoms with van der Waals surface area (Å²) in [5.41, 5.74) is -0.783. The van der Waals surface area contributed by atoms with Crippen LogP contribution in [0.15, 0.2) is 12.1 Å². The Labute approximate surface area is 121 Å². The maximum atomic E-state index is 13.5. The molecule has 6 nitrogen and oxygen atoms in total. The third-order valence-corrected chi connectivity index (χ3v) is 3.06. The lowest BCUT2D eigenvalue weighted by Gasteiger charge is -2.09. The maximum Gasteiger partial charge on any atom is 0.328 e. The van der Waals surface area contributed by atoms with Crippen LogP contribution in [-0.2, 0) is 9.53 Å². The van der Waals surface area contributed by atoms with Crippen molar-refractivity contribution < 1.29 is 18.8 Å². The van der Waals surface area contributed by atoms with Gasteiger partial charge in [0, 0.05) is 6.07 Å². The van der Waals surface area contributed by atoms with E-state index in [1.807, 2.05) is 0 Å². The van der Waals surface area contributed by atoms with Crippen LogP contribution in [0.1, 0.15) is 18.4 Å². The molecule has 0 heterocycles. The van der Waals surface area contributed by atoms with Crippen molar-refractivity contribution in [2.24, 2.45) is 0 Å². The highest BCUT2D eigenvalue weighted by Gasteiger charge is 2.30. The van der Waals surface area contributed by atoms with Crippen molar-refractivity contribution in [3.05, 3.63) is 37.2 Å². The van der Waals surface area contributed by atoms with Gasteiger partial charge in [-0.1, -0.05) is 0 Å². The Morgan fingerprint density at radius 1 is 1.68 bits per heavy atom. The molecule has 0 aromatic heterocycles. The predicted molar refractivity (Wildman–Crippen MR) is 70.8 cm³/mol. The molecule has 0 saturated heterocycles. The minimum absolute atomic E-state index is 0.0255. The number of nitro benzene ring substituents is 1. The fourth-order valence-corrected chi connectivity index (χ4v) is 1.87. The molecule has 1 atom stereocenters. The van der Waals surface area contributed by atoms with Gasteiger partial charge in [0.1, 0.15) is 5.82 Å². The molecule has 0 amide bonds. The van der Waals surface area contributed by atoms with Crippen LogP contribution in [0.4, 0.5) is 10.1 Å². The summed E-state index contributed by atoms with van der Waals surface area (Å²) in [6.45, 7) is 1.56. The molecule has 0 aliphatic heterocycles. The van der Waals surface area contributed by atoms with Gasteiger partial charge in [0.05, 0.1) is 26.7 Å². The van der Waals surface area contributed by atoms with Crippen LogP contribution in [0.3, 0.4) is 0 Å². The molecule has 0 spiro atoms. The number of esters is 1. The Balaban J connectivity index is 3.39. The van der Waals surface area contributed by atoms with Gasteiger partial charge < -0.3 is 4.74 Å². The molecule has 1 aromatic rings. The molecule has 19 heavy (non-hydrogen) atoms. The topological polar surface area (TPSA) is 93.2 Å². The van der Waals surface area contributed by atoms with E-state index in [-0.39, 0.29) is 15.7 Å². The van der Waals surface area contributed by atoms with E-state index >= 15 is 0 Å². The summed E-state index contributed by atoms with van der Waals surface area (Å²) in [5, 5.41) is 19.8. The van der Waals surface area contributed by atoms with E-state index in [0.29, 0.717) is 0 Å². The van der Waals surface area contributed by atoms with Gasteiger partial charge in [-0.3, -0.25) is 14.9 Å². The summed E-state index contributed by atoms with van der Waals surface area (Å²) in [5.74, 6) is -3.19. The van der Waals surface area contributed by atoms with Crippen LogP contribution in [0.25, 0.3) is 0 Å². The molecule has 1 unspecified atom stereocenters. The summed E-state index contributed by atoms with van der Waals surface area (Å²) in [6, 6.07) is 3.40. The van der Waals surface area contributed by atoms with Crippen LogP contribution in [0.5, 0.6) is 0 Å². The number of nitriles is 1. The first-order chi connectivity index (χ1) is 8.92. The Bertz CT molecular complexity index is 571. The Morgan fingerprint density at radius 2 is 2.32 bits per heavy atom. The lowest BCUT2D eigenvalue weighted by Crippen LogP contribution is -2.16. The molecular formula is C11H8FIN2O4. The molecule has 1 rings (SSSR count). The summed E-state index contributed by atoms with van der Waals surface area (Å²) < 4.78 is 18.2. The monoisotopic (exact) mass is 378 g/mol. The van der Waals surface area contributed by atoms with Crippen molar-refractivity contribution in [3.8, 4) is 6.07 Å². The van der Waals surface area contributed by atoms with Crippen LogP contribution < -0.4 is 0 Å². The highest BCUT2D eigenvalue weighted by molar-refractivity contribution is 14.1. The highest BCUT2D eigenvalue weighted by atomic mass is 127. The number of benzene rings is 1. The van der Waals surface area contributed by atoms with E-state index in [2.05, 4.69) is 4.74 Å². The summed E-state index contributed by atoms with van der Waals surface area (Å²) in [7, 11) is 0. The van der Waals surface area contributed by atoms with Crippen LogP contribution in [0, 0.1) is 30.8 Å². The van der Waals surface area contributed by atoms with E-state index in [9.17, 15) is 19.3 Å². The minimum Gasteiger partial charge on any atom is -0.465 e. The number of hydrogen-bond donors (Lipinski definition) is 0. The molecule has 1 aromatic carbocycles. The largest absolute Gasteiger partial charge is 0.465 e. The van der Waals surface area contributed by atoms with Crippen molar-refractivity contribution in [2.75, 3.05) is 6.61 Å². The van der Waals surface area contributed by atoms with Crippen LogP contribution in [0.2, 0.25) is 0 Å². The highest BCUT2D eigenvalue weighted by Crippen LogP contribution is 2.30. The molecular weight excluding hydrogens is 370 g/mol. The van der Waals surface area contributed by atoms with E-state index in [4.69, 9.17) is 5.26 Å². The standard InChI is InChI=1S/C11H8FIN2O4/c1-2-19-11(16)7(5-14)6-3-8(12)9(13)4-10(6)15(17)18/h3-4,7H,2H2,1H3. The van der Waals surface area contributed by atoms with Gasteiger partial charge in [-0.05, 0) is 35.6 Å². The third kappa shape index (κ3) is 3.37. The Kier molecular flexibility index (Phi) is 5.17. The molecule has 0 fully saturated rings. The van der Waals surface area contributed by atoms with Gasteiger partial charge in [0.25, 0.3) is 5.69 Å². The molecule has 0 aliphatic carbocycles. The van der Waals surface area contributed by atoms with Gasteiger partial charge in [-0.25, -0.2) is 4.39 Å². The van der Waals surface area contributed by atoms with Gasteiger partial charge in [0.2, 0.25) is 0 Å². The lowest BCUT2D eigenvalue weighted by atomic mass is 9.98. The first-order valence-electron chi connectivity index (χ1n) is 5.12. The van der Waals surface area contributed by atoms with Crippen molar-refractivity contribution >= 4 is 34.2 Å². The zero-order valence-electron chi connectivity index (χ0n) is 9.72. The van der Waals surface area contributed by atoms with Gasteiger partial charge in [-0.2, -0.15) is 5.26 Å². The molecule has 0 aliphatic rings. The molecule has 100 valence electrons. The smallest absolute Gasteiger partial charge is 0.328 e. The second-order valence-corrected chi connectivity index (χ2v) is 4.56. The van der Waals surface area contributed by atoms with E-state index in [1.54, 1.807) is 28.7 Å². The molecule has 0 radical (unpaired) electrons. The summed E-state index contributed by atoms with van der Waals surface area (Å²) in [6.07, 6.45) is 0. The number of nitro groups is 1. The molecule has 0 bridgehead atoms. The van der Waals surface area contributed by atoms with E-state index < -0.39 is 28.3 Å². The zero-order valence-corrected chi connectivity index (χ0v) is 11.9. The molecule has 8 heteroatoms. The SMILES string of the molecule is CCOC(=O)C(C#N)c1cc(F)c(I)cc1[N+](=O)[O-]. The first-order valence-corrected chi connectivity index (χ1v) is 6.19. The van der Waals surface area contributed by atoms with Gasteiger partial charge >= 0.3 is 5.97 Å². The van der Waals surface area contributed by atoms with Gasteiger partial charge in [-0.15, -0.1) is 0 Å². The number of halogens is 2. The van der Waals surface area contributed by atoms with Crippen molar-refractivity contribution in [3.63, 3.8) is 0 Å². The number of ether oxygens (including phenoxy) is 1. The van der Waals surface area contributed by atoms with Crippen LogP contribution in [-0.4, -0.2) is 17.5 Å². The summed E-state index contributed by atoms with van der Waals surface area (Å²) >= 11 is 1.59. The number of carbonyl (C=O) groups is 1. The van der Waals surface area contributed by atoms with Gasteiger partial charge in [0.15, 0.2) is 5.92 Å². The summed E-state index contributed by atoms with van der Waals surface area (Å²) in [4.78, 5) is 21.7. The van der Waals surface area contributed by atoms with Crippen molar-refractivity contribution in [2.45, 2.75) is 12.8 Å². The van der Waals surface area contributed by atoms with Crippen molar-refractivity contribution in [1.82, 2.24) is 0 Å². The second kappa shape index (κ2) is 6.42. The average molecular weight is 378 g/mol. The fraction of sp³-hybridized carbons (Fsp3) is 0.273. The van der Waals surface area contributed by atoms with E-state index in [1.165, 1.54) is 6.92 Å². The second-order valence-electron chi connectivity index (χ2n) is 3.40. The molecule has 0 saturated carbocycles. The lowest BCUT2D eigenvalue weighted by molar-refractivity contribution is -0.385. The normalized spacial score (nSPS) is 11.5. The zero-order chi connectivity index (χ0) is 14.6. The number of rotatable bonds is 4. The Hall–Kier alpha value is -1.76. The van der Waals surface area contributed by atoms with E-state index in [0.717, 1.165) is 12.1 Å². The van der Waals surface area contributed by atoms with Crippen LogP contribution >= 0.6 is 22.6 Å². The third-order valence-electron chi connectivity index (χ3n) is 2.23. The minimum atomic E-state index is -1.52. The quantitative estimate of drug-likeness (QED) is 0.347. The number of carbonyl (C=O) groups excluding carboxylic acids is 1. The maximum absolute atomic E-state index is 13.5. The number of nitrogens with zero attached hydrogens (tertiary/aromatic N) is 2. The Morgan fingerprint density at radius 3 is 2.79 bits per heavy atom. The first kappa shape index (κ1) is 15.3. The average Bonchev–Trinajstić information content (AvgIpc) is 2.34. The predicted octanol–water partition coefficient (Wildman–Crippen LogP) is 2.51. The van der Waals surface area contributed by atoms with Crippen molar-refractivity contribution in [1.29, 1.82) is 5.26 Å². The fourth-order valence-electron chi connectivity index (χ4n) is 1.42. The number of hydrogen-bond acceptors (Lipinski definition) is 5.